The first kappa shape index (κ1) is 11.3. The smallest absolute Gasteiger partial charge is 0.305 e. The van der Waals surface area contributed by atoms with Gasteiger partial charge in [-0.05, 0) is 17.7 Å². The Morgan fingerprint density at radius 1 is 1.47 bits per heavy atom. The summed E-state index contributed by atoms with van der Waals surface area (Å²) in [6.45, 7) is 0. The highest BCUT2D eigenvalue weighted by Gasteiger charge is 2.15. The summed E-state index contributed by atoms with van der Waals surface area (Å²) in [5.74, 6) is -3.70. The van der Waals surface area contributed by atoms with Crippen LogP contribution in [-0.4, -0.2) is 21.3 Å². The average Bonchev–Trinajstić information content (AvgIpc) is 2.12. The fourth-order valence-electron chi connectivity index (χ4n) is 1.12. The van der Waals surface area contributed by atoms with Crippen LogP contribution in [0.1, 0.15) is 18.0 Å². The van der Waals surface area contributed by atoms with E-state index in [2.05, 4.69) is 0 Å². The number of carboxylic acid groups (broad SMARTS) is 1. The first-order valence-electron chi connectivity index (χ1n) is 4.10. The van der Waals surface area contributed by atoms with E-state index in [-0.39, 0.29) is 12.0 Å². The predicted octanol–water partition coefficient (Wildman–Crippen LogP) is 0.711. The average molecular weight is 215 g/mol. The Labute approximate surface area is 84.6 Å². The lowest BCUT2D eigenvalue weighted by Crippen LogP contribution is -2.15. The number of aromatic hydroxyl groups is 2. The molecule has 5 nitrogen and oxygen atoms in total. The number of phenols is 2. The number of aliphatic carboxylic acids is 1. The molecule has 0 saturated carbocycles. The molecule has 1 atom stereocenters. The van der Waals surface area contributed by atoms with E-state index in [4.69, 9.17) is 21.1 Å². The van der Waals surface area contributed by atoms with Crippen LogP contribution in [0.25, 0.3) is 0 Å². The van der Waals surface area contributed by atoms with Crippen LogP contribution in [0, 0.1) is 5.82 Å². The lowest BCUT2D eigenvalue weighted by molar-refractivity contribution is -0.137. The summed E-state index contributed by atoms with van der Waals surface area (Å²) in [5.41, 5.74) is 5.56. The van der Waals surface area contributed by atoms with Crippen LogP contribution in [0.3, 0.4) is 0 Å². The SMILES string of the molecule is NC(CC(=O)O)c1cc(O)c(O)c(F)c1. The molecule has 5 N–H and O–H groups in total. The van der Waals surface area contributed by atoms with Crippen molar-refractivity contribution in [3.05, 3.63) is 23.5 Å². The van der Waals surface area contributed by atoms with Gasteiger partial charge in [-0.25, -0.2) is 4.39 Å². The van der Waals surface area contributed by atoms with Crippen molar-refractivity contribution in [3.63, 3.8) is 0 Å². The van der Waals surface area contributed by atoms with Gasteiger partial charge in [0.05, 0.1) is 6.42 Å². The normalized spacial score (nSPS) is 12.4. The molecule has 0 aliphatic rings. The highest BCUT2D eigenvalue weighted by molar-refractivity contribution is 5.68. The van der Waals surface area contributed by atoms with Crippen LogP contribution in [-0.2, 0) is 4.79 Å². The maximum atomic E-state index is 12.9. The van der Waals surface area contributed by atoms with Gasteiger partial charge in [0.25, 0.3) is 0 Å². The molecule has 0 bridgehead atoms. The maximum Gasteiger partial charge on any atom is 0.305 e. The molecule has 1 rings (SSSR count). The summed E-state index contributed by atoms with van der Waals surface area (Å²) in [4.78, 5) is 10.3. The van der Waals surface area contributed by atoms with Crippen LogP contribution in [0.5, 0.6) is 11.5 Å². The number of benzene rings is 1. The van der Waals surface area contributed by atoms with Crippen molar-refractivity contribution in [2.45, 2.75) is 12.5 Å². The zero-order valence-electron chi connectivity index (χ0n) is 7.64. The monoisotopic (exact) mass is 215 g/mol. The first-order chi connectivity index (χ1) is 6.91. The van der Waals surface area contributed by atoms with Gasteiger partial charge in [0.15, 0.2) is 17.3 Å². The molecule has 0 aliphatic heterocycles. The minimum atomic E-state index is -1.13. The third-order valence-electron chi connectivity index (χ3n) is 1.89. The number of nitrogens with two attached hydrogens (primary N) is 1. The molecule has 1 aromatic carbocycles. The number of carboxylic acids is 1. The van der Waals surface area contributed by atoms with Crippen LogP contribution in [0.4, 0.5) is 4.39 Å². The van der Waals surface area contributed by atoms with Gasteiger partial charge in [-0.2, -0.15) is 0 Å². The maximum absolute atomic E-state index is 12.9. The van der Waals surface area contributed by atoms with Gasteiger partial charge in [-0.3, -0.25) is 4.79 Å². The molecule has 6 heteroatoms. The third kappa shape index (κ3) is 2.57. The van der Waals surface area contributed by atoms with Crippen LogP contribution < -0.4 is 5.73 Å². The molecule has 0 saturated heterocycles. The second-order valence-corrected chi connectivity index (χ2v) is 3.07. The Balaban J connectivity index is 3.00. The van der Waals surface area contributed by atoms with Gasteiger partial charge < -0.3 is 21.1 Å². The van der Waals surface area contributed by atoms with E-state index in [1.165, 1.54) is 0 Å². The van der Waals surface area contributed by atoms with Gasteiger partial charge in [0, 0.05) is 6.04 Å². The second kappa shape index (κ2) is 4.14. The third-order valence-corrected chi connectivity index (χ3v) is 1.89. The first-order valence-corrected chi connectivity index (χ1v) is 4.10. The van der Waals surface area contributed by atoms with Gasteiger partial charge >= 0.3 is 5.97 Å². The quantitative estimate of drug-likeness (QED) is 0.556. The van der Waals surface area contributed by atoms with E-state index in [0.717, 1.165) is 12.1 Å². The van der Waals surface area contributed by atoms with Crippen LogP contribution >= 0.6 is 0 Å². The van der Waals surface area contributed by atoms with Gasteiger partial charge in [-0.15, -0.1) is 0 Å². The molecule has 0 aliphatic carbocycles. The number of phenolic OH excluding ortho intramolecular Hbond substituents is 2. The standard InChI is InChI=1S/C9H10FNO4/c10-5-1-4(2-7(12)9(5)15)6(11)3-8(13)14/h1-2,6,12,15H,3,11H2,(H,13,14). The molecule has 0 heterocycles. The summed E-state index contributed by atoms with van der Waals surface area (Å²) in [6, 6.07) is 0.998. The van der Waals surface area contributed by atoms with Gasteiger partial charge in [0.2, 0.25) is 0 Å². The highest BCUT2D eigenvalue weighted by Crippen LogP contribution is 2.31. The van der Waals surface area contributed by atoms with Gasteiger partial charge in [-0.1, -0.05) is 0 Å². The molecule has 82 valence electrons. The summed E-state index contributed by atoms with van der Waals surface area (Å²) >= 11 is 0. The Morgan fingerprint density at radius 3 is 2.53 bits per heavy atom. The molecular weight excluding hydrogens is 205 g/mol. The van der Waals surface area contributed by atoms with E-state index in [9.17, 15) is 9.18 Å². The topological polar surface area (TPSA) is 104 Å². The van der Waals surface area contributed by atoms with Crippen molar-refractivity contribution in [1.29, 1.82) is 0 Å². The van der Waals surface area contributed by atoms with Crippen molar-refractivity contribution >= 4 is 5.97 Å². The van der Waals surface area contributed by atoms with Crippen molar-refractivity contribution < 1.29 is 24.5 Å². The Bertz CT molecular complexity index is 371. The molecule has 1 aromatic rings. The molecule has 15 heavy (non-hydrogen) atoms. The van der Waals surface area contributed by atoms with Crippen LogP contribution in [0.15, 0.2) is 12.1 Å². The van der Waals surface area contributed by atoms with E-state index >= 15 is 0 Å². The fraction of sp³-hybridized carbons (Fsp3) is 0.222. The number of hydrogen-bond donors (Lipinski definition) is 4. The summed E-state index contributed by atoms with van der Waals surface area (Å²) < 4.78 is 12.9. The number of carbonyl (C=O) groups is 1. The molecule has 0 amide bonds. The summed E-state index contributed by atoms with van der Waals surface area (Å²) in [7, 11) is 0. The molecule has 0 spiro atoms. The Hall–Kier alpha value is -1.82. The van der Waals surface area contributed by atoms with Crippen molar-refractivity contribution in [2.24, 2.45) is 5.73 Å². The fourth-order valence-corrected chi connectivity index (χ4v) is 1.12. The van der Waals surface area contributed by atoms with Crippen molar-refractivity contribution in [3.8, 4) is 11.5 Å². The Morgan fingerprint density at radius 2 is 2.07 bits per heavy atom. The lowest BCUT2D eigenvalue weighted by atomic mass is 10.0. The molecule has 0 aromatic heterocycles. The highest BCUT2D eigenvalue weighted by atomic mass is 19.1. The number of halogens is 1. The summed E-state index contributed by atoms with van der Waals surface area (Å²) in [6.07, 6.45) is -0.385. The summed E-state index contributed by atoms with van der Waals surface area (Å²) in [5, 5.41) is 26.4. The minimum absolute atomic E-state index is 0.116. The minimum Gasteiger partial charge on any atom is -0.504 e. The van der Waals surface area contributed by atoms with Gasteiger partial charge in [0.1, 0.15) is 0 Å². The van der Waals surface area contributed by atoms with Crippen LogP contribution in [0.2, 0.25) is 0 Å². The molecule has 1 unspecified atom stereocenters. The van der Waals surface area contributed by atoms with E-state index < -0.39 is 29.3 Å². The van der Waals surface area contributed by atoms with Crippen molar-refractivity contribution in [1.82, 2.24) is 0 Å². The Kier molecular flexibility index (Phi) is 3.11. The second-order valence-electron chi connectivity index (χ2n) is 3.07. The predicted molar refractivity (Wildman–Crippen MR) is 48.9 cm³/mol. The van der Waals surface area contributed by atoms with Crippen molar-refractivity contribution in [2.75, 3.05) is 0 Å². The number of hydrogen-bond acceptors (Lipinski definition) is 4. The van der Waals surface area contributed by atoms with E-state index in [1.54, 1.807) is 0 Å². The lowest BCUT2D eigenvalue weighted by Gasteiger charge is -2.10. The molecule has 0 fully saturated rings. The zero-order valence-corrected chi connectivity index (χ0v) is 7.64. The van der Waals surface area contributed by atoms with E-state index in [1.807, 2.05) is 0 Å². The largest absolute Gasteiger partial charge is 0.504 e. The zero-order chi connectivity index (χ0) is 11.6. The molecular formula is C9H10FNO4. The number of rotatable bonds is 3. The molecule has 0 radical (unpaired) electrons. The van der Waals surface area contributed by atoms with E-state index in [0.29, 0.717) is 0 Å².